The van der Waals surface area contributed by atoms with E-state index in [-0.39, 0.29) is 0 Å². The zero-order valence-corrected chi connectivity index (χ0v) is 14.7. The maximum absolute atomic E-state index is 3.87. The van der Waals surface area contributed by atoms with E-state index < -0.39 is 16.6 Å². The van der Waals surface area contributed by atoms with Gasteiger partial charge < -0.3 is 0 Å². The summed E-state index contributed by atoms with van der Waals surface area (Å²) in [6.45, 7) is 3.87. The van der Waals surface area contributed by atoms with Gasteiger partial charge in [-0.3, -0.25) is 0 Å². The number of fused-ring (bicyclic) bond motifs is 1. The van der Waals surface area contributed by atoms with Gasteiger partial charge in [-0.2, -0.15) is 0 Å². The summed E-state index contributed by atoms with van der Waals surface area (Å²) in [5.74, 6) is 0. The molecule has 1 aromatic carbocycles. The first-order valence-corrected chi connectivity index (χ1v) is 12.7. The zero-order valence-electron chi connectivity index (χ0n) is 13.1. The molecular weight excluding hydrogens is 288 g/mol. The molecule has 1 aromatic rings. The minimum absolute atomic E-state index is 0.676. The van der Waals surface area contributed by atoms with Crippen molar-refractivity contribution in [2.75, 3.05) is 0 Å². The van der Waals surface area contributed by atoms with Crippen LogP contribution >= 0.6 is 0 Å². The normalized spacial score (nSPS) is 20.2. The number of hydrogen-bond donors (Lipinski definition) is 0. The Morgan fingerprint density at radius 1 is 1.24 bits per heavy atom. The number of benzene rings is 1. The molecule has 108 valence electrons. The standard InChI is InChI=1S/C9H7.C9H11.2CH3.Ti/c1-2-5-9-7-3-6-8(9)4-1;1-2-3-6-9-7-4-5-8-9;;;/h1-7H;2,4,7H,1,3,5-6H2;2*1H3;. The summed E-state index contributed by atoms with van der Waals surface area (Å²) in [6.07, 6.45) is 15.0. The third kappa shape index (κ3) is 2.68. The molecule has 21 heavy (non-hydrogen) atoms. The molecule has 1 atom stereocenters. The van der Waals surface area contributed by atoms with E-state index >= 15 is 0 Å². The molecule has 2 aliphatic rings. The van der Waals surface area contributed by atoms with Gasteiger partial charge in [0.1, 0.15) is 0 Å². The third-order valence-electron chi connectivity index (χ3n) is 5.00. The van der Waals surface area contributed by atoms with Crippen LogP contribution in [0.4, 0.5) is 0 Å². The van der Waals surface area contributed by atoms with Crippen LogP contribution in [0, 0.1) is 0 Å². The minimum atomic E-state index is -2.09. The fourth-order valence-corrected chi connectivity index (χ4v) is 9.52. The van der Waals surface area contributed by atoms with E-state index in [1.165, 1.54) is 18.4 Å². The van der Waals surface area contributed by atoms with Gasteiger partial charge in [-0.05, 0) is 0 Å². The van der Waals surface area contributed by atoms with Gasteiger partial charge in [0.2, 0.25) is 0 Å². The van der Waals surface area contributed by atoms with Gasteiger partial charge in [-0.15, -0.1) is 0 Å². The molecule has 2 aliphatic carbocycles. The van der Waals surface area contributed by atoms with Gasteiger partial charge in [-0.25, -0.2) is 0 Å². The van der Waals surface area contributed by atoms with Gasteiger partial charge in [0.25, 0.3) is 0 Å². The second-order valence-electron chi connectivity index (χ2n) is 6.63. The van der Waals surface area contributed by atoms with Crippen LogP contribution in [-0.2, 0) is 16.6 Å². The summed E-state index contributed by atoms with van der Waals surface area (Å²) in [5.41, 5.74) is 4.60. The molecule has 0 fully saturated rings. The number of allylic oxidation sites excluding steroid dienone is 6. The molecular formula is C20H24Ti. The summed E-state index contributed by atoms with van der Waals surface area (Å²) < 4.78 is 2.47. The van der Waals surface area contributed by atoms with E-state index in [9.17, 15) is 0 Å². The molecule has 3 rings (SSSR count). The summed E-state index contributed by atoms with van der Waals surface area (Å²) >= 11 is -2.09. The Bertz CT molecular complexity index is 644. The Hall–Kier alpha value is -1.11. The van der Waals surface area contributed by atoms with E-state index in [4.69, 9.17) is 0 Å². The van der Waals surface area contributed by atoms with Crippen molar-refractivity contribution < 1.29 is 16.6 Å². The average molecular weight is 312 g/mol. The van der Waals surface area contributed by atoms with E-state index in [1.54, 1.807) is 15.0 Å². The van der Waals surface area contributed by atoms with Crippen molar-refractivity contribution >= 4 is 6.08 Å². The predicted molar refractivity (Wildman–Crippen MR) is 90.2 cm³/mol. The molecule has 1 unspecified atom stereocenters. The molecule has 0 spiro atoms. The van der Waals surface area contributed by atoms with Crippen LogP contribution in [0.5, 0.6) is 0 Å². The van der Waals surface area contributed by atoms with Gasteiger partial charge in [0, 0.05) is 0 Å². The van der Waals surface area contributed by atoms with Crippen molar-refractivity contribution in [2.45, 2.75) is 33.9 Å². The van der Waals surface area contributed by atoms with E-state index in [2.05, 4.69) is 65.6 Å². The molecule has 0 amide bonds. The summed E-state index contributed by atoms with van der Waals surface area (Å²) in [6, 6.07) is 8.93. The maximum atomic E-state index is 3.87. The van der Waals surface area contributed by atoms with Crippen molar-refractivity contribution in [3.8, 4) is 0 Å². The second kappa shape index (κ2) is 5.95. The molecule has 0 radical (unpaired) electrons. The summed E-state index contributed by atoms with van der Waals surface area (Å²) in [7, 11) is 0. The quantitative estimate of drug-likeness (QED) is 0.449. The van der Waals surface area contributed by atoms with E-state index in [0.717, 1.165) is 6.42 Å². The molecule has 0 nitrogen and oxygen atoms in total. The second-order valence-corrected chi connectivity index (χ2v) is 13.9. The third-order valence-corrected chi connectivity index (χ3v) is 11.5. The van der Waals surface area contributed by atoms with Gasteiger partial charge in [0.05, 0.1) is 0 Å². The Balaban J connectivity index is 1.95. The molecule has 1 heteroatoms. The molecule has 0 N–H and O–H groups in total. The first kappa shape index (κ1) is 14.8. The van der Waals surface area contributed by atoms with Crippen LogP contribution in [0.15, 0.2) is 64.6 Å². The van der Waals surface area contributed by atoms with Crippen LogP contribution in [0.25, 0.3) is 6.08 Å². The average Bonchev–Trinajstić information content (AvgIpc) is 3.12. The van der Waals surface area contributed by atoms with Gasteiger partial charge in [-0.1, -0.05) is 0 Å². The molecule has 0 aromatic heterocycles. The Morgan fingerprint density at radius 2 is 2.05 bits per heavy atom. The SMILES string of the molecule is C=CCCC1=[C]([Ti]([CH3])([CH3])[CH]2C=Cc3ccccc32)CC=C1. The van der Waals surface area contributed by atoms with Crippen molar-refractivity contribution in [1.82, 2.24) is 0 Å². The van der Waals surface area contributed by atoms with Crippen molar-refractivity contribution in [3.63, 3.8) is 0 Å². The number of rotatable bonds is 5. The Morgan fingerprint density at radius 3 is 2.86 bits per heavy atom. The Kier molecular flexibility index (Phi) is 4.20. The van der Waals surface area contributed by atoms with E-state index in [0.29, 0.717) is 4.22 Å². The monoisotopic (exact) mass is 312 g/mol. The van der Waals surface area contributed by atoms with Gasteiger partial charge in [0.15, 0.2) is 0 Å². The van der Waals surface area contributed by atoms with Crippen LogP contribution in [0.3, 0.4) is 0 Å². The number of hydrogen-bond acceptors (Lipinski definition) is 0. The van der Waals surface area contributed by atoms with Crippen molar-refractivity contribution in [1.29, 1.82) is 0 Å². The predicted octanol–water partition coefficient (Wildman–Crippen LogP) is 6.18. The topological polar surface area (TPSA) is 0 Å². The molecule has 0 saturated carbocycles. The summed E-state index contributed by atoms with van der Waals surface area (Å²) in [5, 5.41) is 5.18. The fourth-order valence-electron chi connectivity index (χ4n) is 3.79. The first-order chi connectivity index (χ1) is 10.1. The van der Waals surface area contributed by atoms with Crippen molar-refractivity contribution in [2.24, 2.45) is 0 Å². The summed E-state index contributed by atoms with van der Waals surface area (Å²) in [4.78, 5) is 0. The van der Waals surface area contributed by atoms with Crippen LogP contribution < -0.4 is 0 Å². The van der Waals surface area contributed by atoms with Gasteiger partial charge >= 0.3 is 132 Å². The first-order valence-electron chi connectivity index (χ1n) is 7.91. The van der Waals surface area contributed by atoms with E-state index in [1.807, 2.05) is 6.08 Å². The Labute approximate surface area is 132 Å². The molecule has 0 heterocycles. The van der Waals surface area contributed by atoms with Crippen LogP contribution in [0.1, 0.15) is 34.6 Å². The molecule has 0 saturated heterocycles. The molecule has 0 aliphatic heterocycles. The van der Waals surface area contributed by atoms with Crippen LogP contribution in [0.2, 0.25) is 10.5 Å². The zero-order chi connectivity index (χ0) is 14.9. The fraction of sp³-hybridized carbons (Fsp3) is 0.300. The molecule has 0 bridgehead atoms. The van der Waals surface area contributed by atoms with Crippen molar-refractivity contribution in [3.05, 3.63) is 75.7 Å². The van der Waals surface area contributed by atoms with Crippen LogP contribution in [-0.4, -0.2) is 0 Å².